The van der Waals surface area contributed by atoms with Crippen LogP contribution in [0.3, 0.4) is 0 Å². The zero-order valence-corrected chi connectivity index (χ0v) is 21.2. The lowest BCUT2D eigenvalue weighted by Gasteiger charge is -2.16. The van der Waals surface area contributed by atoms with Crippen molar-refractivity contribution in [1.29, 1.82) is 0 Å². The van der Waals surface area contributed by atoms with Crippen molar-refractivity contribution in [2.24, 2.45) is 0 Å². The van der Waals surface area contributed by atoms with Crippen LogP contribution in [0.1, 0.15) is 6.23 Å². The molecule has 1 saturated heterocycles. The number of rotatable bonds is 2. The van der Waals surface area contributed by atoms with E-state index in [9.17, 15) is 15.0 Å². The number of nitrogens with two attached hydrogens (primary N) is 1. The van der Waals surface area contributed by atoms with Crippen LogP contribution in [-0.2, 0) is 23.0 Å². The minimum Gasteiger partial charge on any atom is -0.394 e. The summed E-state index contributed by atoms with van der Waals surface area (Å²) in [6.45, 7) is -0.453. The number of ether oxygens (including phenoxy) is 1. The van der Waals surface area contributed by atoms with Crippen molar-refractivity contribution < 1.29 is 97.0 Å². The van der Waals surface area contributed by atoms with Crippen LogP contribution in [0, 0.1) is 0 Å². The maximum atomic E-state index is 11.5. The second kappa shape index (κ2) is 16.8. The molecule has 17 N–H and O–H groups in total. The number of aromatic nitrogens is 2. The Morgan fingerprint density at radius 2 is 1.11 bits per heavy atom. The minimum atomic E-state index is -4.64. The molecule has 222 valence electrons. The summed E-state index contributed by atoms with van der Waals surface area (Å²) in [5, 5.41) is 28.2. The molecular weight excluding hydrogens is 610 g/mol. The maximum Gasteiger partial charge on any atom is 0.466 e. The van der Waals surface area contributed by atoms with Gasteiger partial charge in [0.2, 0.25) is 0 Å². The lowest BCUT2D eigenvalue weighted by atomic mass is 10.1. The molecule has 0 bridgehead atoms. The van der Waals surface area contributed by atoms with Gasteiger partial charge in [-0.25, -0.2) is 23.1 Å². The normalized spacial score (nSPS) is 21.5. The smallest absolute Gasteiger partial charge is 0.394 e. The molecule has 1 aromatic rings. The molecule has 0 aromatic carbocycles. The number of anilines is 1. The Kier molecular flexibility index (Phi) is 18.4. The molecule has 2 heterocycles. The van der Waals surface area contributed by atoms with Crippen molar-refractivity contribution in [3.8, 4) is 0 Å². The van der Waals surface area contributed by atoms with Gasteiger partial charge in [-0.1, -0.05) is 0 Å². The van der Waals surface area contributed by atoms with Crippen molar-refractivity contribution in [2.45, 2.75) is 24.5 Å². The Morgan fingerprint density at radius 1 is 0.784 bits per heavy atom. The van der Waals surface area contributed by atoms with Gasteiger partial charge in [-0.15, -0.1) is 0 Å². The highest BCUT2D eigenvalue weighted by Gasteiger charge is 2.43. The Hall–Kier alpha value is -1.04. The van der Waals surface area contributed by atoms with Crippen molar-refractivity contribution in [1.82, 2.24) is 9.55 Å². The largest absolute Gasteiger partial charge is 0.466 e. The first kappa shape index (κ1) is 40.5. The summed E-state index contributed by atoms with van der Waals surface area (Å²) in [5.74, 6) is 0.0537. The zero-order valence-electron chi connectivity index (χ0n) is 17.6. The van der Waals surface area contributed by atoms with Gasteiger partial charge in [-0.3, -0.25) is 4.57 Å². The van der Waals surface area contributed by atoms with Crippen LogP contribution in [0.5, 0.6) is 0 Å². The molecule has 0 aliphatic carbocycles. The van der Waals surface area contributed by atoms with E-state index in [-0.39, 0.29) is 5.82 Å². The fraction of sp³-hybridized carbons (Fsp3) is 0.556. The van der Waals surface area contributed by atoms with E-state index in [0.29, 0.717) is 0 Å². The summed E-state index contributed by atoms with van der Waals surface area (Å²) < 4.78 is 41.7. The maximum absolute atomic E-state index is 11.5. The van der Waals surface area contributed by atoms with E-state index in [1.807, 2.05) is 0 Å². The molecule has 28 heteroatoms. The van der Waals surface area contributed by atoms with Crippen LogP contribution in [0.15, 0.2) is 17.1 Å². The molecule has 0 spiro atoms. The molecule has 0 radical (unpaired) electrons. The molecule has 4 atom stereocenters. The average Bonchev–Trinajstić information content (AvgIpc) is 2.84. The molecule has 1 aliphatic rings. The zero-order chi connectivity index (χ0) is 30.6. The molecular formula is C9H25N3O21P4. The van der Waals surface area contributed by atoms with Gasteiger partial charge in [0.15, 0.2) is 6.23 Å². The van der Waals surface area contributed by atoms with E-state index in [0.717, 1.165) is 4.57 Å². The number of aliphatic hydroxyl groups excluding tert-OH is 3. The fourth-order valence-electron chi connectivity index (χ4n) is 1.73. The summed E-state index contributed by atoms with van der Waals surface area (Å²) >= 11 is 0. The lowest BCUT2D eigenvalue weighted by molar-refractivity contribution is -0.0549. The van der Waals surface area contributed by atoms with E-state index < -0.39 is 68.1 Å². The third-order valence-corrected chi connectivity index (χ3v) is 2.64. The number of nitrogen functional groups attached to an aromatic ring is 1. The highest BCUT2D eigenvalue weighted by atomic mass is 31.2. The third-order valence-electron chi connectivity index (χ3n) is 2.64. The molecule has 1 aromatic heterocycles. The van der Waals surface area contributed by atoms with Gasteiger partial charge < -0.3 is 84.5 Å². The molecule has 37 heavy (non-hydrogen) atoms. The summed E-state index contributed by atoms with van der Waals surface area (Å²) in [6.07, 6.45) is -3.27. The van der Waals surface area contributed by atoms with E-state index in [1.54, 1.807) is 0 Å². The van der Waals surface area contributed by atoms with E-state index in [4.69, 9.17) is 92.6 Å². The number of aliphatic hydroxyl groups is 3. The summed E-state index contributed by atoms with van der Waals surface area (Å²) in [7, 11) is -18.6. The van der Waals surface area contributed by atoms with E-state index >= 15 is 0 Å². The predicted octanol–water partition coefficient (Wildman–Crippen LogP) is -6.28. The molecule has 1 aliphatic heterocycles. The first-order chi connectivity index (χ1) is 16.0. The molecule has 24 nitrogen and oxygen atoms in total. The van der Waals surface area contributed by atoms with Crippen LogP contribution >= 0.6 is 31.3 Å². The highest BCUT2D eigenvalue weighted by Crippen LogP contribution is 2.28. The second-order valence-corrected chi connectivity index (χ2v) is 9.93. The van der Waals surface area contributed by atoms with Crippen LogP contribution in [0.25, 0.3) is 0 Å². The van der Waals surface area contributed by atoms with Crippen molar-refractivity contribution in [2.75, 3.05) is 12.3 Å². The lowest BCUT2D eigenvalue weighted by Crippen LogP contribution is -2.36. The van der Waals surface area contributed by atoms with Gasteiger partial charge in [-0.05, 0) is 6.07 Å². The van der Waals surface area contributed by atoms with Gasteiger partial charge in [0.1, 0.15) is 24.1 Å². The number of phosphoric acid groups is 4. The average molecular weight is 635 g/mol. The molecule has 0 amide bonds. The first-order valence-corrected chi connectivity index (χ1v) is 14.4. The quantitative estimate of drug-likeness (QED) is 0.134. The topological polar surface area (TPSA) is 442 Å². The van der Waals surface area contributed by atoms with Crippen molar-refractivity contribution in [3.63, 3.8) is 0 Å². The van der Waals surface area contributed by atoms with Crippen LogP contribution < -0.4 is 11.4 Å². The summed E-state index contributed by atoms with van der Waals surface area (Å²) in [5.41, 5.74) is 4.63. The van der Waals surface area contributed by atoms with E-state index in [1.165, 1.54) is 12.3 Å². The van der Waals surface area contributed by atoms with Crippen LogP contribution in [0.2, 0.25) is 0 Å². The van der Waals surface area contributed by atoms with Gasteiger partial charge >= 0.3 is 37.0 Å². The van der Waals surface area contributed by atoms with Gasteiger partial charge in [-0.2, -0.15) is 4.98 Å². The first-order valence-electron chi connectivity index (χ1n) is 8.14. The van der Waals surface area contributed by atoms with Crippen molar-refractivity contribution in [3.05, 3.63) is 22.7 Å². The molecule has 2 rings (SSSR count). The molecule has 0 saturated carbocycles. The number of nitrogens with zero attached hydrogens (tertiary/aromatic N) is 2. The monoisotopic (exact) mass is 635 g/mol. The number of hydrogen-bond acceptors (Lipinski definition) is 11. The van der Waals surface area contributed by atoms with Crippen molar-refractivity contribution >= 4 is 37.1 Å². The third kappa shape index (κ3) is 32.9. The minimum absolute atomic E-state index is 0.0537. The van der Waals surface area contributed by atoms with Gasteiger partial charge in [0, 0.05) is 6.20 Å². The van der Waals surface area contributed by atoms with Gasteiger partial charge in [0.25, 0.3) is 0 Å². The molecule has 1 fully saturated rings. The predicted molar refractivity (Wildman–Crippen MR) is 113 cm³/mol. The Labute approximate surface area is 204 Å². The second-order valence-electron chi connectivity index (χ2n) is 5.82. The Bertz CT molecular complexity index is 927. The molecule has 0 unspecified atom stereocenters. The van der Waals surface area contributed by atoms with E-state index in [2.05, 4.69) is 4.98 Å². The number of hydrogen-bond donors (Lipinski definition) is 16. The SMILES string of the molecule is Nc1ccn([C@@H]2O[C@H](CO)[C@@H](O)[C@H]2O)c(=O)n1.O=P(O)(O)O.O=P(O)(O)O.O=P(O)(O)O.O=P(O)(O)O. The highest BCUT2D eigenvalue weighted by molar-refractivity contribution is 7.45. The summed E-state index contributed by atoms with van der Waals surface area (Å²) in [4.78, 5) is 101. The van der Waals surface area contributed by atoms with Gasteiger partial charge in [0.05, 0.1) is 6.61 Å². The fourth-order valence-corrected chi connectivity index (χ4v) is 1.73. The Morgan fingerprint density at radius 3 is 1.35 bits per heavy atom. The Balaban J connectivity index is -0.000000476. The standard InChI is InChI=1S/C9H13N3O5.4H3O4P/c10-5-1-2-12(9(16)11-5)8-7(15)6(14)4(3-13)17-8;4*1-5(2,3)4/h1-2,4,6-8,13-15H,3H2,(H2,10,11,16);4*(H3,1,2,3,4)/t4-,6-,7-,8-;;;;/m1..../s1. The van der Waals surface area contributed by atoms with Crippen LogP contribution in [-0.4, -0.2) is 109 Å². The summed E-state index contributed by atoms with van der Waals surface area (Å²) in [6, 6.07) is 1.37. The van der Waals surface area contributed by atoms with Crippen LogP contribution in [0.4, 0.5) is 5.82 Å².